The fourth-order valence-corrected chi connectivity index (χ4v) is 3.45. The summed E-state index contributed by atoms with van der Waals surface area (Å²) in [6.45, 7) is 4.18. The number of rotatable bonds is 2. The lowest BCUT2D eigenvalue weighted by Crippen LogP contribution is -2.42. The molecule has 134 valence electrons. The predicted molar refractivity (Wildman–Crippen MR) is 104 cm³/mol. The average molecular weight is 363 g/mol. The molecule has 0 amide bonds. The number of aromatic hydroxyl groups is 1. The van der Waals surface area contributed by atoms with Crippen LogP contribution in [-0.4, -0.2) is 47.0 Å². The smallest absolute Gasteiger partial charge is 0.151 e. The summed E-state index contributed by atoms with van der Waals surface area (Å²) in [6, 6.07) is 7.14. The SMILES string of the molecule is CC1(C2CCNCC2)N=CC2=NC(c3cccc(O)c3)=CC2=N1.Cl.O. The van der Waals surface area contributed by atoms with Gasteiger partial charge in [-0.2, -0.15) is 0 Å². The quantitative estimate of drug-likeness (QED) is 0.840. The van der Waals surface area contributed by atoms with Crippen LogP contribution in [-0.2, 0) is 0 Å². The van der Waals surface area contributed by atoms with Crippen molar-refractivity contribution in [2.75, 3.05) is 13.1 Å². The first-order valence-corrected chi connectivity index (χ1v) is 8.10. The van der Waals surface area contributed by atoms with Gasteiger partial charge in [-0.25, -0.2) is 4.99 Å². The number of allylic oxidation sites excluding steroid dienone is 1. The van der Waals surface area contributed by atoms with Crippen molar-refractivity contribution in [1.82, 2.24) is 5.32 Å². The number of fused-ring (bicyclic) bond motifs is 1. The number of hydrogen-bond acceptors (Lipinski definition) is 5. The molecular weight excluding hydrogens is 340 g/mol. The second-order valence-corrected chi connectivity index (χ2v) is 6.45. The Bertz CT molecular complexity index is 766. The zero-order valence-electron chi connectivity index (χ0n) is 14.1. The molecule has 4 rings (SSSR count). The van der Waals surface area contributed by atoms with Gasteiger partial charge in [0.05, 0.1) is 17.6 Å². The van der Waals surface area contributed by atoms with Gasteiger partial charge in [0.1, 0.15) is 11.5 Å². The van der Waals surface area contributed by atoms with E-state index in [2.05, 4.69) is 17.2 Å². The van der Waals surface area contributed by atoms with Crippen molar-refractivity contribution in [2.24, 2.45) is 20.9 Å². The van der Waals surface area contributed by atoms with Gasteiger partial charge in [-0.15, -0.1) is 12.4 Å². The van der Waals surface area contributed by atoms with Crippen molar-refractivity contribution in [1.29, 1.82) is 0 Å². The van der Waals surface area contributed by atoms with E-state index in [1.165, 1.54) is 0 Å². The first-order valence-electron chi connectivity index (χ1n) is 8.10. The first-order chi connectivity index (χ1) is 11.1. The summed E-state index contributed by atoms with van der Waals surface area (Å²) in [5.74, 6) is 0.709. The number of halogens is 1. The van der Waals surface area contributed by atoms with Crippen LogP contribution in [0.4, 0.5) is 0 Å². The summed E-state index contributed by atoms with van der Waals surface area (Å²) in [4.78, 5) is 14.2. The Kier molecular flexibility index (Phi) is 5.77. The highest BCUT2D eigenvalue weighted by molar-refractivity contribution is 6.68. The van der Waals surface area contributed by atoms with Gasteiger partial charge in [-0.3, -0.25) is 9.98 Å². The van der Waals surface area contributed by atoms with E-state index in [1.807, 2.05) is 24.4 Å². The van der Waals surface area contributed by atoms with Crippen LogP contribution in [0.5, 0.6) is 5.75 Å². The molecule has 0 aromatic heterocycles. The molecule has 0 aliphatic carbocycles. The van der Waals surface area contributed by atoms with Crippen molar-refractivity contribution in [3.05, 3.63) is 35.9 Å². The highest BCUT2D eigenvalue weighted by Gasteiger charge is 2.37. The predicted octanol–water partition coefficient (Wildman–Crippen LogP) is 2.03. The van der Waals surface area contributed by atoms with Gasteiger partial charge in [0.25, 0.3) is 0 Å². The zero-order chi connectivity index (χ0) is 15.9. The van der Waals surface area contributed by atoms with Crippen LogP contribution in [0, 0.1) is 5.92 Å². The van der Waals surface area contributed by atoms with Gasteiger partial charge in [-0.05, 0) is 51.1 Å². The molecule has 0 radical (unpaired) electrons. The van der Waals surface area contributed by atoms with E-state index in [-0.39, 0.29) is 29.3 Å². The van der Waals surface area contributed by atoms with Crippen LogP contribution >= 0.6 is 12.4 Å². The van der Waals surface area contributed by atoms with E-state index in [9.17, 15) is 5.11 Å². The average Bonchev–Trinajstić information content (AvgIpc) is 2.98. The second kappa shape index (κ2) is 7.47. The fourth-order valence-electron chi connectivity index (χ4n) is 3.45. The van der Waals surface area contributed by atoms with E-state index >= 15 is 0 Å². The molecule has 0 saturated carbocycles. The minimum absolute atomic E-state index is 0. The maximum Gasteiger partial charge on any atom is 0.151 e. The summed E-state index contributed by atoms with van der Waals surface area (Å²) in [5, 5.41) is 13.0. The molecular formula is C18H23ClN4O2. The Hall–Kier alpha value is -2.02. The number of phenolic OH excluding ortho intramolecular Hbond substituents is 1. The van der Waals surface area contributed by atoms with Crippen LogP contribution in [0.3, 0.4) is 0 Å². The minimum atomic E-state index is -0.388. The number of piperidine rings is 1. The van der Waals surface area contributed by atoms with Gasteiger partial charge in [0, 0.05) is 11.5 Å². The van der Waals surface area contributed by atoms with E-state index in [0.717, 1.165) is 48.6 Å². The maximum atomic E-state index is 9.65. The van der Waals surface area contributed by atoms with Crippen molar-refractivity contribution in [3.8, 4) is 5.75 Å². The molecule has 0 bridgehead atoms. The molecule has 1 saturated heterocycles. The van der Waals surface area contributed by atoms with Crippen LogP contribution < -0.4 is 5.32 Å². The molecule has 7 heteroatoms. The third-order valence-electron chi connectivity index (χ3n) is 4.83. The van der Waals surface area contributed by atoms with E-state index in [4.69, 9.17) is 9.98 Å². The highest BCUT2D eigenvalue weighted by atomic mass is 35.5. The van der Waals surface area contributed by atoms with Crippen LogP contribution in [0.15, 0.2) is 45.3 Å². The van der Waals surface area contributed by atoms with Crippen LogP contribution in [0.1, 0.15) is 25.3 Å². The Morgan fingerprint density at radius 2 is 1.96 bits per heavy atom. The zero-order valence-corrected chi connectivity index (χ0v) is 14.9. The van der Waals surface area contributed by atoms with E-state index in [0.29, 0.717) is 5.92 Å². The van der Waals surface area contributed by atoms with Crippen LogP contribution in [0.2, 0.25) is 0 Å². The van der Waals surface area contributed by atoms with Crippen molar-refractivity contribution < 1.29 is 10.6 Å². The Morgan fingerprint density at radius 1 is 1.20 bits per heavy atom. The second-order valence-electron chi connectivity index (χ2n) is 6.45. The molecule has 4 N–H and O–H groups in total. The first kappa shape index (κ1) is 19.3. The molecule has 1 aromatic carbocycles. The van der Waals surface area contributed by atoms with Gasteiger partial charge in [0.2, 0.25) is 0 Å². The summed E-state index contributed by atoms with van der Waals surface area (Å²) in [6.07, 6.45) is 6.05. The van der Waals surface area contributed by atoms with Crippen LogP contribution in [0.25, 0.3) is 5.70 Å². The molecule has 3 heterocycles. The summed E-state index contributed by atoms with van der Waals surface area (Å²) in [5.41, 5.74) is 3.05. The lowest BCUT2D eigenvalue weighted by molar-refractivity contribution is 0.244. The molecule has 1 fully saturated rings. The molecule has 1 atom stereocenters. The van der Waals surface area contributed by atoms with Crippen molar-refractivity contribution in [3.63, 3.8) is 0 Å². The minimum Gasteiger partial charge on any atom is -0.508 e. The summed E-state index contributed by atoms with van der Waals surface area (Å²) >= 11 is 0. The Balaban J connectivity index is 0.00000113. The standard InChI is InChI=1S/C18H20N4O.ClH.H2O/c1-18(13-5-7-19-8-6-13)20-11-17-16(22-18)10-15(21-17)12-3-2-4-14(23)9-12;;/h2-4,9-11,13,19,23H,5-8H2,1H3;1H;1H2. The summed E-state index contributed by atoms with van der Waals surface area (Å²) in [7, 11) is 0. The third-order valence-corrected chi connectivity index (χ3v) is 4.83. The lowest BCUT2D eigenvalue weighted by Gasteiger charge is -2.35. The fraction of sp³-hybridized carbons (Fsp3) is 0.389. The largest absolute Gasteiger partial charge is 0.508 e. The topological polar surface area (TPSA) is 101 Å². The number of nitrogens with zero attached hydrogens (tertiary/aromatic N) is 3. The van der Waals surface area contributed by atoms with E-state index in [1.54, 1.807) is 12.1 Å². The van der Waals surface area contributed by atoms with Gasteiger partial charge in [0.15, 0.2) is 5.66 Å². The Labute approximate surface area is 153 Å². The van der Waals surface area contributed by atoms with Gasteiger partial charge >= 0.3 is 0 Å². The third kappa shape index (κ3) is 3.66. The van der Waals surface area contributed by atoms with Crippen molar-refractivity contribution in [2.45, 2.75) is 25.4 Å². The highest BCUT2D eigenvalue weighted by Crippen LogP contribution is 2.34. The molecule has 1 unspecified atom stereocenters. The number of hydrogen-bond donors (Lipinski definition) is 2. The molecule has 6 nitrogen and oxygen atoms in total. The monoisotopic (exact) mass is 362 g/mol. The van der Waals surface area contributed by atoms with E-state index < -0.39 is 0 Å². The normalized spacial score (nSPS) is 25.1. The Morgan fingerprint density at radius 3 is 2.68 bits per heavy atom. The lowest BCUT2D eigenvalue weighted by atomic mass is 9.85. The van der Waals surface area contributed by atoms with Gasteiger partial charge < -0.3 is 15.9 Å². The number of aliphatic imine (C=N–C) groups is 3. The number of phenols is 1. The molecule has 1 aromatic rings. The molecule has 0 spiro atoms. The number of benzene rings is 1. The van der Waals surface area contributed by atoms with Gasteiger partial charge in [-0.1, -0.05) is 12.1 Å². The number of nitrogens with one attached hydrogen (secondary N) is 1. The molecule has 3 aliphatic rings. The molecule has 25 heavy (non-hydrogen) atoms. The summed E-state index contributed by atoms with van der Waals surface area (Å²) < 4.78 is 0. The molecule has 3 aliphatic heterocycles. The van der Waals surface area contributed by atoms with Crippen molar-refractivity contribution >= 4 is 35.7 Å². The maximum absolute atomic E-state index is 9.65.